The minimum absolute atomic E-state index is 0.125. The Hall–Kier alpha value is -3.92. The lowest BCUT2D eigenvalue weighted by Crippen LogP contribution is -2.29. The molecule has 1 heterocycles. The van der Waals surface area contributed by atoms with Gasteiger partial charge >= 0.3 is 11.9 Å². The monoisotopic (exact) mass is 541 g/mol. The fourth-order valence-electron chi connectivity index (χ4n) is 3.78. The minimum Gasteiger partial charge on any atom is -0.493 e. The van der Waals surface area contributed by atoms with E-state index in [-0.39, 0.29) is 23.6 Å². The molecule has 0 saturated heterocycles. The first-order valence-electron chi connectivity index (χ1n) is 11.8. The van der Waals surface area contributed by atoms with E-state index in [0.29, 0.717) is 10.5 Å². The van der Waals surface area contributed by atoms with Gasteiger partial charge in [0, 0.05) is 30.5 Å². The second kappa shape index (κ2) is 13.0. The quantitative estimate of drug-likeness (QED) is 0.251. The van der Waals surface area contributed by atoms with Gasteiger partial charge in [0.1, 0.15) is 17.2 Å². The van der Waals surface area contributed by atoms with Crippen LogP contribution in [0.2, 0.25) is 0 Å². The number of rotatable bonds is 11. The van der Waals surface area contributed by atoms with Gasteiger partial charge < -0.3 is 14.2 Å². The highest BCUT2D eigenvalue weighted by molar-refractivity contribution is 7.85. The smallest absolute Gasteiger partial charge is 0.309 e. The molecule has 1 aromatic heterocycles. The van der Waals surface area contributed by atoms with E-state index in [2.05, 4.69) is 4.98 Å². The lowest BCUT2D eigenvalue weighted by molar-refractivity contribution is -0.152. The predicted molar refractivity (Wildman–Crippen MR) is 138 cm³/mol. The van der Waals surface area contributed by atoms with E-state index in [4.69, 9.17) is 14.2 Å². The van der Waals surface area contributed by atoms with Crippen LogP contribution in [-0.4, -0.2) is 40.1 Å². The number of halogens is 1. The average Bonchev–Trinajstić information content (AvgIpc) is 2.89. The Kier molecular flexibility index (Phi) is 9.84. The number of aromatic nitrogens is 1. The lowest BCUT2D eigenvalue weighted by atomic mass is 10.0. The Morgan fingerprint density at radius 3 is 2.26 bits per heavy atom. The summed E-state index contributed by atoms with van der Waals surface area (Å²) < 4.78 is 42.9. The number of hydrogen-bond donors (Lipinski definition) is 0. The van der Waals surface area contributed by atoms with Gasteiger partial charge in [-0.15, -0.1) is 0 Å². The van der Waals surface area contributed by atoms with Crippen LogP contribution in [0.25, 0.3) is 0 Å². The number of carbonyl (C=O) groups is 3. The molecule has 0 N–H and O–H groups in total. The molecular weight excluding hydrogens is 513 g/mol. The van der Waals surface area contributed by atoms with E-state index in [0.717, 1.165) is 0 Å². The predicted octanol–water partition coefficient (Wildman–Crippen LogP) is 4.84. The van der Waals surface area contributed by atoms with Crippen molar-refractivity contribution in [1.29, 1.82) is 0 Å². The summed E-state index contributed by atoms with van der Waals surface area (Å²) >= 11 is 0. The summed E-state index contributed by atoms with van der Waals surface area (Å²) in [5.74, 6) is -3.21. The normalized spacial score (nSPS) is 14.0. The molecule has 2 aromatic carbocycles. The number of pyridine rings is 1. The highest BCUT2D eigenvalue weighted by Crippen LogP contribution is 2.33. The van der Waals surface area contributed by atoms with Crippen molar-refractivity contribution in [3.63, 3.8) is 0 Å². The molecular formula is C28H28FNO7S. The van der Waals surface area contributed by atoms with Gasteiger partial charge in [-0.3, -0.25) is 18.6 Å². The number of ether oxygens (including phenoxy) is 3. The lowest BCUT2D eigenvalue weighted by Gasteiger charge is -2.25. The van der Waals surface area contributed by atoms with Crippen molar-refractivity contribution in [3.8, 4) is 11.5 Å². The van der Waals surface area contributed by atoms with Crippen molar-refractivity contribution in [2.45, 2.75) is 43.4 Å². The number of Topliss-reactive ketones (excluding diaryl/α,β-unsaturated/α-hetero) is 1. The fourth-order valence-corrected chi connectivity index (χ4v) is 5.28. The standard InChI is InChI=1S/C28H28FNO7S/c1-17(16-23(32)25-26(37-19(3)31)24(35-4)14-15-30-25)28(33)36-18(2)27(20-8-6-5-7-9-20)38(34)22-12-10-21(29)11-13-22/h5-15,17-18,27H,16H2,1-4H3/t17-,18+,27+,38?/m1/s1. The SMILES string of the molecule is COc1ccnc(C(=O)C[C@@H](C)C(=O)O[C@@H](C)[C@@H](c2ccccc2)S(=O)c2ccc(F)cc2)c1OC(C)=O. The molecule has 3 rings (SSSR count). The van der Waals surface area contributed by atoms with Crippen molar-refractivity contribution in [2.75, 3.05) is 7.11 Å². The first kappa shape index (κ1) is 28.6. The molecule has 4 atom stereocenters. The number of benzene rings is 2. The first-order valence-corrected chi connectivity index (χ1v) is 13.0. The third-order valence-corrected chi connectivity index (χ3v) is 7.48. The van der Waals surface area contributed by atoms with E-state index in [9.17, 15) is 23.0 Å². The van der Waals surface area contributed by atoms with Crippen LogP contribution < -0.4 is 9.47 Å². The van der Waals surface area contributed by atoms with E-state index in [1.807, 2.05) is 6.07 Å². The largest absolute Gasteiger partial charge is 0.493 e. The summed E-state index contributed by atoms with van der Waals surface area (Å²) in [4.78, 5) is 41.9. The molecule has 38 heavy (non-hydrogen) atoms. The number of carbonyl (C=O) groups excluding carboxylic acids is 3. The molecule has 0 fully saturated rings. The van der Waals surface area contributed by atoms with Crippen molar-refractivity contribution < 1.29 is 37.2 Å². The number of nitrogens with zero attached hydrogens (tertiary/aromatic N) is 1. The molecule has 0 aliphatic heterocycles. The molecule has 8 nitrogen and oxygen atoms in total. The Balaban J connectivity index is 1.78. The van der Waals surface area contributed by atoms with Gasteiger partial charge in [-0.05, 0) is 36.8 Å². The van der Waals surface area contributed by atoms with Crippen LogP contribution in [0.1, 0.15) is 48.5 Å². The average molecular weight is 542 g/mol. The molecule has 0 aliphatic rings. The molecule has 0 saturated carbocycles. The van der Waals surface area contributed by atoms with Crippen LogP contribution in [0.15, 0.2) is 71.8 Å². The van der Waals surface area contributed by atoms with E-state index < -0.39 is 51.6 Å². The Morgan fingerprint density at radius 2 is 1.66 bits per heavy atom. The van der Waals surface area contributed by atoms with E-state index in [1.165, 1.54) is 57.5 Å². The molecule has 0 aliphatic carbocycles. The zero-order valence-corrected chi connectivity index (χ0v) is 22.2. The second-order valence-corrected chi connectivity index (χ2v) is 10.1. The van der Waals surface area contributed by atoms with Crippen LogP contribution >= 0.6 is 0 Å². The minimum atomic E-state index is -1.68. The van der Waals surface area contributed by atoms with Crippen LogP contribution in [0.4, 0.5) is 4.39 Å². The third kappa shape index (κ3) is 7.10. The summed E-state index contributed by atoms with van der Waals surface area (Å²) in [5.41, 5.74) is 0.526. The molecule has 200 valence electrons. The topological polar surface area (TPSA) is 109 Å². The van der Waals surface area contributed by atoms with Gasteiger partial charge in [-0.1, -0.05) is 37.3 Å². The number of esters is 2. The molecule has 0 radical (unpaired) electrons. The first-order chi connectivity index (χ1) is 18.1. The van der Waals surface area contributed by atoms with E-state index in [1.54, 1.807) is 31.2 Å². The fraction of sp³-hybridized carbons (Fsp3) is 0.286. The summed E-state index contributed by atoms with van der Waals surface area (Å²) in [7, 11) is -0.318. The highest BCUT2D eigenvalue weighted by Gasteiger charge is 2.32. The van der Waals surface area contributed by atoms with Crippen molar-refractivity contribution >= 4 is 28.5 Å². The Labute approximate surface area is 222 Å². The van der Waals surface area contributed by atoms with Crippen molar-refractivity contribution in [3.05, 3.63) is 83.9 Å². The molecule has 10 heteroatoms. The maximum atomic E-state index is 13.5. The third-order valence-electron chi connectivity index (χ3n) is 5.63. The maximum absolute atomic E-state index is 13.5. The second-order valence-electron chi connectivity index (χ2n) is 8.54. The van der Waals surface area contributed by atoms with Gasteiger partial charge in [0.05, 0.1) is 23.8 Å². The molecule has 3 aromatic rings. The number of methoxy groups -OCH3 is 1. The maximum Gasteiger partial charge on any atom is 0.309 e. The Morgan fingerprint density at radius 1 is 1.00 bits per heavy atom. The van der Waals surface area contributed by atoms with E-state index >= 15 is 0 Å². The molecule has 0 amide bonds. The zero-order valence-electron chi connectivity index (χ0n) is 21.4. The van der Waals surface area contributed by atoms with Gasteiger partial charge in [0.2, 0.25) is 5.75 Å². The van der Waals surface area contributed by atoms with Gasteiger partial charge in [-0.25, -0.2) is 9.37 Å². The van der Waals surface area contributed by atoms with Crippen LogP contribution in [0.3, 0.4) is 0 Å². The van der Waals surface area contributed by atoms with Crippen LogP contribution in [-0.2, 0) is 25.1 Å². The number of ketones is 1. The number of hydrogen-bond acceptors (Lipinski definition) is 8. The molecule has 1 unspecified atom stereocenters. The van der Waals surface area contributed by atoms with Crippen molar-refractivity contribution in [2.24, 2.45) is 5.92 Å². The Bertz CT molecular complexity index is 1310. The van der Waals surface area contributed by atoms with Crippen LogP contribution in [0.5, 0.6) is 11.5 Å². The highest BCUT2D eigenvalue weighted by atomic mass is 32.2. The van der Waals surface area contributed by atoms with Gasteiger partial charge in [0.25, 0.3) is 0 Å². The molecule has 0 spiro atoms. The zero-order chi connectivity index (χ0) is 27.8. The van der Waals surface area contributed by atoms with Gasteiger partial charge in [0.15, 0.2) is 17.2 Å². The van der Waals surface area contributed by atoms with Crippen molar-refractivity contribution in [1.82, 2.24) is 4.98 Å². The summed E-state index contributed by atoms with van der Waals surface area (Å²) in [6, 6.07) is 15.7. The molecule has 0 bridgehead atoms. The summed E-state index contributed by atoms with van der Waals surface area (Å²) in [6.45, 7) is 4.32. The summed E-state index contributed by atoms with van der Waals surface area (Å²) in [5, 5.41) is -0.746. The summed E-state index contributed by atoms with van der Waals surface area (Å²) in [6.07, 6.45) is 0.205. The van der Waals surface area contributed by atoms with Gasteiger partial charge in [-0.2, -0.15) is 0 Å². The van der Waals surface area contributed by atoms with Crippen LogP contribution in [0, 0.1) is 11.7 Å².